The van der Waals surface area contributed by atoms with Gasteiger partial charge in [-0.1, -0.05) is 27.5 Å². The van der Waals surface area contributed by atoms with E-state index in [4.69, 9.17) is 11.6 Å². The third-order valence-electron chi connectivity index (χ3n) is 2.27. The highest BCUT2D eigenvalue weighted by Crippen LogP contribution is 2.20. The zero-order valence-corrected chi connectivity index (χ0v) is 11.4. The highest BCUT2D eigenvalue weighted by Gasteiger charge is 2.01. The van der Waals surface area contributed by atoms with Gasteiger partial charge in [0.05, 0.1) is 5.69 Å². The molecule has 5 heteroatoms. The van der Waals surface area contributed by atoms with E-state index in [1.165, 1.54) is 0 Å². The Morgan fingerprint density at radius 1 is 1.24 bits per heavy atom. The lowest BCUT2D eigenvalue weighted by molar-refractivity contribution is 0.677. The molecule has 0 spiro atoms. The van der Waals surface area contributed by atoms with Gasteiger partial charge in [0.1, 0.15) is 6.33 Å². The maximum absolute atomic E-state index is 6.09. The van der Waals surface area contributed by atoms with Crippen molar-refractivity contribution < 1.29 is 0 Å². The van der Waals surface area contributed by atoms with Gasteiger partial charge in [0, 0.05) is 28.8 Å². The molecule has 0 aliphatic heterocycles. The van der Waals surface area contributed by atoms with Crippen LogP contribution in [0, 0.1) is 0 Å². The van der Waals surface area contributed by atoms with Gasteiger partial charge in [-0.2, -0.15) is 0 Å². The molecule has 2 aromatic rings. The molecule has 0 bridgehead atoms. The van der Waals surface area contributed by atoms with Crippen molar-refractivity contribution in [3.05, 3.63) is 57.5 Å². The summed E-state index contributed by atoms with van der Waals surface area (Å²) in [6, 6.07) is 7.70. The first-order chi connectivity index (χ1) is 8.25. The van der Waals surface area contributed by atoms with E-state index in [2.05, 4.69) is 31.2 Å². The number of hydrogen-bond donors (Lipinski definition) is 1. The number of nitrogens with one attached hydrogen (secondary N) is 1. The quantitative estimate of drug-likeness (QED) is 0.942. The summed E-state index contributed by atoms with van der Waals surface area (Å²) in [4.78, 5) is 8.01. The van der Waals surface area contributed by atoms with E-state index >= 15 is 0 Å². The first-order valence-electron chi connectivity index (χ1n) is 5.15. The summed E-state index contributed by atoms with van der Waals surface area (Å²) >= 11 is 9.52. The fraction of sp³-hybridized carbons (Fsp3) is 0.167. The zero-order chi connectivity index (χ0) is 12.1. The monoisotopic (exact) mass is 311 g/mol. The molecule has 0 amide bonds. The van der Waals surface area contributed by atoms with Crippen molar-refractivity contribution in [3.8, 4) is 0 Å². The minimum absolute atomic E-state index is 0.700. The number of nitrogens with zero attached hydrogens (tertiary/aromatic N) is 2. The summed E-state index contributed by atoms with van der Waals surface area (Å²) in [7, 11) is 0. The van der Waals surface area contributed by atoms with Gasteiger partial charge in [-0.05, 0) is 29.8 Å². The van der Waals surface area contributed by atoms with Crippen LogP contribution >= 0.6 is 27.5 Å². The summed E-state index contributed by atoms with van der Waals surface area (Å²) in [6.45, 7) is 1.41. The van der Waals surface area contributed by atoms with Crippen molar-refractivity contribution >= 4 is 27.5 Å². The Morgan fingerprint density at radius 3 is 2.88 bits per heavy atom. The Hall–Kier alpha value is -0.970. The standard InChI is InChI=1S/C12H11BrClN3/c13-10-1-2-12(14)9(5-10)6-16-7-11-3-4-15-8-17-11/h1-5,8,16H,6-7H2. The minimum atomic E-state index is 0.700. The Balaban J connectivity index is 1.92. The first-order valence-corrected chi connectivity index (χ1v) is 6.32. The van der Waals surface area contributed by atoms with Gasteiger partial charge in [-0.15, -0.1) is 0 Å². The van der Waals surface area contributed by atoms with Gasteiger partial charge in [0.25, 0.3) is 0 Å². The summed E-state index contributed by atoms with van der Waals surface area (Å²) in [5.74, 6) is 0. The van der Waals surface area contributed by atoms with Crippen molar-refractivity contribution in [2.75, 3.05) is 0 Å². The van der Waals surface area contributed by atoms with Crippen LogP contribution in [-0.4, -0.2) is 9.97 Å². The largest absolute Gasteiger partial charge is 0.307 e. The molecule has 17 heavy (non-hydrogen) atoms. The minimum Gasteiger partial charge on any atom is -0.307 e. The molecule has 1 N–H and O–H groups in total. The van der Waals surface area contributed by atoms with Gasteiger partial charge in [0.2, 0.25) is 0 Å². The summed E-state index contributed by atoms with van der Waals surface area (Å²) < 4.78 is 1.03. The lowest BCUT2D eigenvalue weighted by Crippen LogP contribution is -2.13. The number of rotatable bonds is 4. The molecule has 0 unspecified atom stereocenters. The van der Waals surface area contributed by atoms with Crippen LogP contribution < -0.4 is 5.32 Å². The number of hydrogen-bond acceptors (Lipinski definition) is 3. The van der Waals surface area contributed by atoms with Gasteiger partial charge in [0.15, 0.2) is 0 Å². The molecule has 0 atom stereocenters. The van der Waals surface area contributed by atoms with Gasteiger partial charge in [-0.3, -0.25) is 0 Å². The molecular formula is C12H11BrClN3. The van der Waals surface area contributed by atoms with Crippen molar-refractivity contribution in [1.82, 2.24) is 15.3 Å². The number of benzene rings is 1. The molecular weight excluding hydrogens is 302 g/mol. The average Bonchev–Trinajstić information content (AvgIpc) is 2.35. The fourth-order valence-corrected chi connectivity index (χ4v) is 2.02. The Kier molecular flexibility index (Phi) is 4.48. The molecule has 0 aliphatic carbocycles. The summed E-state index contributed by atoms with van der Waals surface area (Å²) in [5, 5.41) is 4.06. The third-order valence-corrected chi connectivity index (χ3v) is 3.13. The van der Waals surface area contributed by atoms with Crippen LogP contribution in [0.1, 0.15) is 11.3 Å². The van der Waals surface area contributed by atoms with Crippen molar-refractivity contribution in [2.24, 2.45) is 0 Å². The average molecular weight is 313 g/mol. The second-order valence-corrected chi connectivity index (χ2v) is 4.86. The van der Waals surface area contributed by atoms with Gasteiger partial charge >= 0.3 is 0 Å². The first kappa shape index (κ1) is 12.5. The predicted molar refractivity (Wildman–Crippen MR) is 71.7 cm³/mol. The van der Waals surface area contributed by atoms with Crippen molar-refractivity contribution in [2.45, 2.75) is 13.1 Å². The van der Waals surface area contributed by atoms with Crippen LogP contribution in [0.15, 0.2) is 41.3 Å². The van der Waals surface area contributed by atoms with Gasteiger partial charge in [-0.25, -0.2) is 9.97 Å². The smallest absolute Gasteiger partial charge is 0.115 e. The molecule has 2 rings (SSSR count). The van der Waals surface area contributed by atoms with E-state index in [1.54, 1.807) is 12.5 Å². The SMILES string of the molecule is Clc1ccc(Br)cc1CNCc1ccncn1. The van der Waals surface area contributed by atoms with E-state index < -0.39 is 0 Å². The van der Waals surface area contributed by atoms with Crippen LogP contribution in [0.3, 0.4) is 0 Å². The third kappa shape index (κ3) is 3.77. The lowest BCUT2D eigenvalue weighted by Gasteiger charge is -2.06. The molecule has 0 fully saturated rings. The predicted octanol–water partition coefficient (Wildman–Crippen LogP) is 3.18. The van der Waals surface area contributed by atoms with Crippen LogP contribution in [0.2, 0.25) is 5.02 Å². The maximum atomic E-state index is 6.09. The van der Waals surface area contributed by atoms with Crippen LogP contribution in [0.4, 0.5) is 0 Å². The van der Waals surface area contributed by atoms with E-state index in [1.807, 2.05) is 24.3 Å². The highest BCUT2D eigenvalue weighted by atomic mass is 79.9. The van der Waals surface area contributed by atoms with E-state index in [0.29, 0.717) is 13.1 Å². The second kappa shape index (κ2) is 6.10. The normalized spacial score (nSPS) is 10.5. The van der Waals surface area contributed by atoms with Gasteiger partial charge < -0.3 is 5.32 Å². The van der Waals surface area contributed by atoms with Crippen LogP contribution in [0.25, 0.3) is 0 Å². The van der Waals surface area contributed by atoms with Crippen molar-refractivity contribution in [3.63, 3.8) is 0 Å². The molecule has 1 heterocycles. The molecule has 0 radical (unpaired) electrons. The fourth-order valence-electron chi connectivity index (χ4n) is 1.43. The lowest BCUT2D eigenvalue weighted by atomic mass is 10.2. The number of aromatic nitrogens is 2. The molecule has 88 valence electrons. The Morgan fingerprint density at radius 2 is 2.12 bits per heavy atom. The molecule has 1 aromatic carbocycles. The molecule has 1 aromatic heterocycles. The zero-order valence-electron chi connectivity index (χ0n) is 9.03. The van der Waals surface area contributed by atoms with E-state index in [0.717, 1.165) is 20.8 Å². The summed E-state index contributed by atoms with van der Waals surface area (Å²) in [5.41, 5.74) is 2.03. The van der Waals surface area contributed by atoms with Crippen molar-refractivity contribution in [1.29, 1.82) is 0 Å². The second-order valence-electron chi connectivity index (χ2n) is 3.54. The number of halogens is 2. The molecule has 0 aliphatic rings. The van der Waals surface area contributed by atoms with E-state index in [9.17, 15) is 0 Å². The Labute approximate surface area is 113 Å². The van der Waals surface area contributed by atoms with Crippen LogP contribution in [0.5, 0.6) is 0 Å². The highest BCUT2D eigenvalue weighted by molar-refractivity contribution is 9.10. The molecule has 0 saturated carbocycles. The Bertz CT molecular complexity index is 490. The molecule has 3 nitrogen and oxygen atoms in total. The topological polar surface area (TPSA) is 37.8 Å². The summed E-state index contributed by atoms with van der Waals surface area (Å²) in [6.07, 6.45) is 3.28. The van der Waals surface area contributed by atoms with E-state index in [-0.39, 0.29) is 0 Å². The molecule has 0 saturated heterocycles. The maximum Gasteiger partial charge on any atom is 0.115 e. The van der Waals surface area contributed by atoms with Crippen LogP contribution in [-0.2, 0) is 13.1 Å².